The molecule has 2 rings (SSSR count). The van der Waals surface area contributed by atoms with Gasteiger partial charge >= 0.3 is 0 Å². The molecule has 0 aliphatic carbocycles. The minimum atomic E-state index is 0.256. The molecule has 2 aromatic rings. The molecule has 0 unspecified atom stereocenters. The van der Waals surface area contributed by atoms with Crippen LogP contribution in [-0.4, -0.2) is 19.9 Å². The first-order valence-electron chi connectivity index (χ1n) is 6.03. The minimum absolute atomic E-state index is 0.256. The van der Waals surface area contributed by atoms with Crippen molar-refractivity contribution in [3.63, 3.8) is 0 Å². The van der Waals surface area contributed by atoms with Crippen molar-refractivity contribution >= 4 is 0 Å². The molecule has 0 aliphatic rings. The van der Waals surface area contributed by atoms with E-state index in [4.69, 9.17) is 4.52 Å². The molecule has 0 saturated heterocycles. The molecule has 0 amide bonds. The van der Waals surface area contributed by atoms with Crippen LogP contribution in [-0.2, 0) is 6.54 Å². The van der Waals surface area contributed by atoms with Crippen molar-refractivity contribution < 1.29 is 4.52 Å². The van der Waals surface area contributed by atoms with Crippen LogP contribution in [0.5, 0.6) is 0 Å². The van der Waals surface area contributed by atoms with Crippen LogP contribution in [0.4, 0.5) is 0 Å². The number of hydrogen-bond acceptors (Lipinski definition) is 4. The van der Waals surface area contributed by atoms with Crippen LogP contribution in [0, 0.1) is 13.8 Å². The Hall–Kier alpha value is -1.91. The van der Waals surface area contributed by atoms with Gasteiger partial charge in [0, 0.05) is 11.6 Å². The van der Waals surface area contributed by atoms with Gasteiger partial charge in [0.15, 0.2) is 5.82 Å². The van der Waals surface area contributed by atoms with Crippen molar-refractivity contribution in [1.29, 1.82) is 0 Å². The molecular formula is C13H18N4O. The second-order valence-electron chi connectivity index (χ2n) is 4.63. The smallest absolute Gasteiger partial charge is 0.261 e. The van der Waals surface area contributed by atoms with Crippen LogP contribution in [0.1, 0.15) is 37.0 Å². The summed E-state index contributed by atoms with van der Waals surface area (Å²) in [6, 6.07) is 0. The molecule has 18 heavy (non-hydrogen) atoms. The topological polar surface area (TPSA) is 56.7 Å². The Labute approximate surface area is 107 Å². The van der Waals surface area contributed by atoms with Crippen LogP contribution in [0.15, 0.2) is 17.2 Å². The Kier molecular flexibility index (Phi) is 3.32. The van der Waals surface area contributed by atoms with E-state index in [1.807, 2.05) is 38.5 Å². The number of aromatic nitrogens is 4. The summed E-state index contributed by atoms with van der Waals surface area (Å²) in [6.45, 7) is 12.4. The Bertz CT molecular complexity index is 566. The number of allylic oxidation sites excluding steroid dienone is 1. The van der Waals surface area contributed by atoms with Gasteiger partial charge in [0.05, 0.1) is 17.8 Å². The lowest BCUT2D eigenvalue weighted by Crippen LogP contribution is -1.99. The average molecular weight is 246 g/mol. The van der Waals surface area contributed by atoms with Crippen molar-refractivity contribution in [2.24, 2.45) is 0 Å². The lowest BCUT2D eigenvalue weighted by atomic mass is 10.2. The highest BCUT2D eigenvalue weighted by atomic mass is 16.5. The van der Waals surface area contributed by atoms with E-state index in [0.717, 1.165) is 22.8 Å². The number of aryl methyl sites for hydroxylation is 1. The Morgan fingerprint density at radius 2 is 2.11 bits per heavy atom. The zero-order valence-electron chi connectivity index (χ0n) is 11.3. The second kappa shape index (κ2) is 4.76. The van der Waals surface area contributed by atoms with E-state index < -0.39 is 0 Å². The normalized spacial score (nSPS) is 11.2. The molecule has 0 aromatic carbocycles. The lowest BCUT2D eigenvalue weighted by molar-refractivity contribution is 0.419. The van der Waals surface area contributed by atoms with Gasteiger partial charge in [-0.05, 0) is 13.8 Å². The Balaban J connectivity index is 2.46. The fourth-order valence-electron chi connectivity index (χ4n) is 1.88. The largest absolute Gasteiger partial charge is 0.334 e. The molecule has 0 saturated carbocycles. The van der Waals surface area contributed by atoms with Gasteiger partial charge in [-0.25, -0.2) is 0 Å². The average Bonchev–Trinajstić information content (AvgIpc) is 2.86. The third-order valence-corrected chi connectivity index (χ3v) is 2.86. The summed E-state index contributed by atoms with van der Waals surface area (Å²) in [6.07, 6.45) is 1.82. The molecule has 0 fully saturated rings. The van der Waals surface area contributed by atoms with E-state index in [-0.39, 0.29) is 5.92 Å². The SMILES string of the molecule is C=CCn1nc(C)c(-c2nc(C(C)C)no2)c1C. The van der Waals surface area contributed by atoms with E-state index >= 15 is 0 Å². The Morgan fingerprint density at radius 1 is 1.39 bits per heavy atom. The molecule has 2 aromatic heterocycles. The van der Waals surface area contributed by atoms with Crippen LogP contribution in [0.25, 0.3) is 11.5 Å². The molecule has 5 heteroatoms. The van der Waals surface area contributed by atoms with Gasteiger partial charge in [0.1, 0.15) is 0 Å². The minimum Gasteiger partial charge on any atom is -0.334 e. The van der Waals surface area contributed by atoms with Crippen molar-refractivity contribution in [3.05, 3.63) is 29.9 Å². The molecule has 0 aliphatic heterocycles. The molecule has 2 heterocycles. The number of nitrogens with zero attached hydrogens (tertiary/aromatic N) is 4. The third kappa shape index (κ3) is 2.08. The van der Waals surface area contributed by atoms with Gasteiger partial charge in [-0.3, -0.25) is 4.68 Å². The maximum Gasteiger partial charge on any atom is 0.261 e. The monoisotopic (exact) mass is 246 g/mol. The second-order valence-corrected chi connectivity index (χ2v) is 4.63. The van der Waals surface area contributed by atoms with Gasteiger partial charge in [-0.1, -0.05) is 25.1 Å². The first kappa shape index (κ1) is 12.5. The quantitative estimate of drug-likeness (QED) is 0.778. The fourth-order valence-corrected chi connectivity index (χ4v) is 1.88. The van der Waals surface area contributed by atoms with Gasteiger partial charge < -0.3 is 4.52 Å². The van der Waals surface area contributed by atoms with Crippen molar-refractivity contribution in [3.8, 4) is 11.5 Å². The van der Waals surface area contributed by atoms with Gasteiger partial charge in [0.25, 0.3) is 5.89 Å². The highest BCUT2D eigenvalue weighted by molar-refractivity contribution is 5.59. The van der Waals surface area contributed by atoms with Crippen molar-refractivity contribution in [2.45, 2.75) is 40.2 Å². The van der Waals surface area contributed by atoms with E-state index in [2.05, 4.69) is 21.8 Å². The van der Waals surface area contributed by atoms with Crippen LogP contribution in [0.2, 0.25) is 0 Å². The standard InChI is InChI=1S/C13H18N4O/c1-6-7-17-10(5)11(9(4)15-17)13-14-12(8(2)3)16-18-13/h6,8H,1,7H2,2-5H3. The summed E-state index contributed by atoms with van der Waals surface area (Å²) in [5, 5.41) is 8.43. The highest BCUT2D eigenvalue weighted by Gasteiger charge is 2.19. The summed E-state index contributed by atoms with van der Waals surface area (Å²) >= 11 is 0. The third-order valence-electron chi connectivity index (χ3n) is 2.86. The highest BCUT2D eigenvalue weighted by Crippen LogP contribution is 2.26. The van der Waals surface area contributed by atoms with Crippen molar-refractivity contribution in [1.82, 2.24) is 19.9 Å². The van der Waals surface area contributed by atoms with Crippen LogP contribution in [0.3, 0.4) is 0 Å². The number of rotatable bonds is 4. The molecule has 0 atom stereocenters. The lowest BCUT2D eigenvalue weighted by Gasteiger charge is -1.99. The first-order valence-corrected chi connectivity index (χ1v) is 6.03. The zero-order valence-corrected chi connectivity index (χ0v) is 11.3. The van der Waals surface area contributed by atoms with Gasteiger partial charge in [-0.2, -0.15) is 10.1 Å². The maximum absolute atomic E-state index is 5.32. The van der Waals surface area contributed by atoms with E-state index in [1.54, 1.807) is 0 Å². The molecular weight excluding hydrogens is 228 g/mol. The van der Waals surface area contributed by atoms with E-state index in [1.165, 1.54) is 0 Å². The zero-order chi connectivity index (χ0) is 13.3. The number of hydrogen-bond donors (Lipinski definition) is 0. The first-order chi connectivity index (χ1) is 8.54. The molecule has 5 nitrogen and oxygen atoms in total. The van der Waals surface area contributed by atoms with Crippen LogP contribution >= 0.6 is 0 Å². The summed E-state index contributed by atoms with van der Waals surface area (Å²) in [7, 11) is 0. The summed E-state index contributed by atoms with van der Waals surface area (Å²) in [4.78, 5) is 4.42. The molecule has 96 valence electrons. The molecule has 0 bridgehead atoms. The summed E-state index contributed by atoms with van der Waals surface area (Å²) in [5.41, 5.74) is 2.84. The predicted molar refractivity (Wildman–Crippen MR) is 69.3 cm³/mol. The summed E-state index contributed by atoms with van der Waals surface area (Å²) in [5.74, 6) is 1.52. The van der Waals surface area contributed by atoms with E-state index in [9.17, 15) is 0 Å². The Morgan fingerprint density at radius 3 is 2.67 bits per heavy atom. The molecule has 0 spiro atoms. The molecule has 0 radical (unpaired) electrons. The maximum atomic E-state index is 5.32. The van der Waals surface area contributed by atoms with Gasteiger partial charge in [0.2, 0.25) is 0 Å². The summed E-state index contributed by atoms with van der Waals surface area (Å²) < 4.78 is 7.21. The van der Waals surface area contributed by atoms with Crippen molar-refractivity contribution in [2.75, 3.05) is 0 Å². The van der Waals surface area contributed by atoms with Gasteiger partial charge in [-0.15, -0.1) is 6.58 Å². The van der Waals surface area contributed by atoms with Crippen LogP contribution < -0.4 is 0 Å². The molecule has 0 N–H and O–H groups in total. The van der Waals surface area contributed by atoms with E-state index in [0.29, 0.717) is 12.4 Å². The fraction of sp³-hybridized carbons (Fsp3) is 0.462. The predicted octanol–water partition coefficient (Wildman–Crippen LogP) is 2.86.